The van der Waals surface area contributed by atoms with Crippen molar-refractivity contribution >= 4 is 17.5 Å². The van der Waals surface area contributed by atoms with Gasteiger partial charge < -0.3 is 10.0 Å². The van der Waals surface area contributed by atoms with E-state index < -0.39 is 5.60 Å². The fourth-order valence-corrected chi connectivity index (χ4v) is 2.31. The van der Waals surface area contributed by atoms with E-state index in [0.29, 0.717) is 30.2 Å². The summed E-state index contributed by atoms with van der Waals surface area (Å²) >= 11 is 5.85. The molecule has 0 aliphatic carbocycles. The van der Waals surface area contributed by atoms with Crippen LogP contribution in [0.3, 0.4) is 0 Å². The molecular weight excluding hydrogens is 252 g/mol. The molecule has 2 rings (SSSR count). The highest BCUT2D eigenvalue weighted by Crippen LogP contribution is 2.22. The molecule has 4 nitrogen and oxygen atoms in total. The second kappa shape index (κ2) is 5.24. The number of amides is 1. The van der Waals surface area contributed by atoms with Gasteiger partial charge in [0.1, 0.15) is 5.69 Å². The highest BCUT2D eigenvalue weighted by Gasteiger charge is 2.27. The lowest BCUT2D eigenvalue weighted by Crippen LogP contribution is -2.34. The zero-order valence-electron chi connectivity index (χ0n) is 10.4. The van der Waals surface area contributed by atoms with Gasteiger partial charge in [-0.1, -0.05) is 11.6 Å². The van der Waals surface area contributed by atoms with Crippen molar-refractivity contribution < 1.29 is 9.90 Å². The van der Waals surface area contributed by atoms with Crippen LogP contribution < -0.4 is 0 Å². The Morgan fingerprint density at radius 2 is 2.28 bits per heavy atom. The number of hydrogen-bond acceptors (Lipinski definition) is 3. The highest BCUT2D eigenvalue weighted by atomic mass is 35.5. The van der Waals surface area contributed by atoms with E-state index in [1.54, 1.807) is 17.0 Å². The van der Waals surface area contributed by atoms with Crippen LogP contribution in [0, 0.1) is 0 Å². The number of rotatable bonds is 1. The molecule has 0 spiro atoms. The maximum absolute atomic E-state index is 12.2. The lowest BCUT2D eigenvalue weighted by atomic mass is 9.98. The van der Waals surface area contributed by atoms with E-state index in [4.69, 9.17) is 11.6 Å². The predicted molar refractivity (Wildman–Crippen MR) is 69.6 cm³/mol. The van der Waals surface area contributed by atoms with Gasteiger partial charge in [-0.3, -0.25) is 9.78 Å². The van der Waals surface area contributed by atoms with Crippen LogP contribution in [0.5, 0.6) is 0 Å². The average molecular weight is 269 g/mol. The van der Waals surface area contributed by atoms with Crippen LogP contribution in [-0.2, 0) is 0 Å². The summed E-state index contributed by atoms with van der Waals surface area (Å²) < 4.78 is 0. The van der Waals surface area contributed by atoms with E-state index in [-0.39, 0.29) is 5.91 Å². The summed E-state index contributed by atoms with van der Waals surface area (Å²) in [7, 11) is 0. The normalized spacial score (nSPS) is 24.7. The molecule has 0 radical (unpaired) electrons. The predicted octanol–water partition coefficient (Wildman–Crippen LogP) is 2.11. The Bertz CT molecular complexity index is 448. The van der Waals surface area contributed by atoms with Crippen LogP contribution in [0.1, 0.15) is 36.7 Å². The smallest absolute Gasteiger partial charge is 0.272 e. The molecule has 1 atom stereocenters. The molecule has 0 aromatic carbocycles. The number of aliphatic hydroxyl groups is 1. The quantitative estimate of drug-likeness (QED) is 0.849. The first-order valence-electron chi connectivity index (χ1n) is 6.11. The first-order valence-corrected chi connectivity index (χ1v) is 6.49. The third-order valence-corrected chi connectivity index (χ3v) is 3.53. The monoisotopic (exact) mass is 268 g/mol. The standard InChI is InChI=1S/C13H17ClN2O2/c1-13(18)4-2-7-16(8-5-13)12(17)11-9-10(14)3-6-15-11/h3,6,9,18H,2,4-5,7-8H2,1H3. The molecule has 1 aromatic heterocycles. The molecule has 0 saturated carbocycles. The van der Waals surface area contributed by atoms with Gasteiger partial charge >= 0.3 is 0 Å². The Balaban J connectivity index is 2.10. The Kier molecular flexibility index (Phi) is 3.88. The van der Waals surface area contributed by atoms with Gasteiger partial charge in [0.15, 0.2) is 0 Å². The minimum Gasteiger partial charge on any atom is -0.390 e. The van der Waals surface area contributed by atoms with Gasteiger partial charge in [-0.05, 0) is 38.3 Å². The van der Waals surface area contributed by atoms with Crippen LogP contribution in [0.2, 0.25) is 5.02 Å². The van der Waals surface area contributed by atoms with Gasteiger partial charge in [-0.2, -0.15) is 0 Å². The number of carbonyl (C=O) groups is 1. The molecule has 98 valence electrons. The summed E-state index contributed by atoms with van der Waals surface area (Å²) in [4.78, 5) is 18.0. The maximum Gasteiger partial charge on any atom is 0.272 e. The van der Waals surface area contributed by atoms with E-state index >= 15 is 0 Å². The first-order chi connectivity index (χ1) is 8.48. The number of hydrogen-bond donors (Lipinski definition) is 1. The molecular formula is C13H17ClN2O2. The minimum absolute atomic E-state index is 0.116. The zero-order chi connectivity index (χ0) is 13.2. The van der Waals surface area contributed by atoms with Crippen molar-refractivity contribution in [2.24, 2.45) is 0 Å². The molecule has 1 fully saturated rings. The molecule has 1 aliphatic rings. The van der Waals surface area contributed by atoms with Gasteiger partial charge in [0, 0.05) is 24.3 Å². The van der Waals surface area contributed by atoms with Crippen molar-refractivity contribution in [3.63, 3.8) is 0 Å². The molecule has 1 unspecified atom stereocenters. The van der Waals surface area contributed by atoms with Gasteiger partial charge in [-0.25, -0.2) is 0 Å². The summed E-state index contributed by atoms with van der Waals surface area (Å²) in [5.41, 5.74) is -0.305. The van der Waals surface area contributed by atoms with Crippen LogP contribution in [0.4, 0.5) is 0 Å². The summed E-state index contributed by atoms with van der Waals surface area (Å²) in [5, 5.41) is 10.5. The first kappa shape index (κ1) is 13.3. The molecule has 1 N–H and O–H groups in total. The average Bonchev–Trinajstić information content (AvgIpc) is 2.49. The van der Waals surface area contributed by atoms with Crippen molar-refractivity contribution in [3.8, 4) is 0 Å². The molecule has 5 heteroatoms. The molecule has 2 heterocycles. The van der Waals surface area contributed by atoms with E-state index in [0.717, 1.165) is 12.8 Å². The number of pyridine rings is 1. The number of aromatic nitrogens is 1. The third-order valence-electron chi connectivity index (χ3n) is 3.29. The van der Waals surface area contributed by atoms with Crippen molar-refractivity contribution in [2.45, 2.75) is 31.8 Å². The maximum atomic E-state index is 12.2. The lowest BCUT2D eigenvalue weighted by Gasteiger charge is -2.22. The Labute approximate surface area is 112 Å². The summed E-state index contributed by atoms with van der Waals surface area (Å²) in [6.45, 7) is 3.03. The molecule has 1 aliphatic heterocycles. The van der Waals surface area contributed by atoms with Crippen LogP contribution in [0.15, 0.2) is 18.3 Å². The van der Waals surface area contributed by atoms with E-state index in [1.807, 2.05) is 6.92 Å². The largest absolute Gasteiger partial charge is 0.390 e. The lowest BCUT2D eigenvalue weighted by molar-refractivity contribution is 0.0437. The Hall–Kier alpha value is -1.13. The fourth-order valence-electron chi connectivity index (χ4n) is 2.15. The Morgan fingerprint density at radius 1 is 1.50 bits per heavy atom. The molecule has 1 saturated heterocycles. The van der Waals surface area contributed by atoms with E-state index in [1.165, 1.54) is 6.20 Å². The minimum atomic E-state index is -0.670. The molecule has 1 aromatic rings. The van der Waals surface area contributed by atoms with Gasteiger partial charge in [0.05, 0.1) is 5.60 Å². The van der Waals surface area contributed by atoms with Gasteiger partial charge in [-0.15, -0.1) is 0 Å². The summed E-state index contributed by atoms with van der Waals surface area (Å²) in [6, 6.07) is 3.22. The van der Waals surface area contributed by atoms with Crippen molar-refractivity contribution in [3.05, 3.63) is 29.0 Å². The molecule has 0 bridgehead atoms. The van der Waals surface area contributed by atoms with Crippen molar-refractivity contribution in [1.29, 1.82) is 0 Å². The van der Waals surface area contributed by atoms with Crippen LogP contribution in [-0.4, -0.2) is 39.6 Å². The molecule has 18 heavy (non-hydrogen) atoms. The number of carbonyl (C=O) groups excluding carboxylic acids is 1. The van der Waals surface area contributed by atoms with Crippen molar-refractivity contribution in [1.82, 2.24) is 9.88 Å². The molecule has 1 amide bonds. The number of nitrogens with zero attached hydrogens (tertiary/aromatic N) is 2. The second-order valence-corrected chi connectivity index (χ2v) is 5.44. The number of halogens is 1. The van der Waals surface area contributed by atoms with Crippen LogP contribution >= 0.6 is 11.6 Å². The third kappa shape index (κ3) is 3.21. The summed E-state index contributed by atoms with van der Waals surface area (Å²) in [5.74, 6) is -0.116. The number of likely N-dealkylation sites (tertiary alicyclic amines) is 1. The SMILES string of the molecule is CC1(O)CCCN(C(=O)c2cc(Cl)ccn2)CC1. The second-order valence-electron chi connectivity index (χ2n) is 5.00. The topological polar surface area (TPSA) is 53.4 Å². The van der Waals surface area contributed by atoms with Gasteiger partial charge in [0.25, 0.3) is 5.91 Å². The fraction of sp³-hybridized carbons (Fsp3) is 0.538. The summed E-state index contributed by atoms with van der Waals surface area (Å²) in [6.07, 6.45) is 3.65. The van der Waals surface area contributed by atoms with Crippen LogP contribution in [0.25, 0.3) is 0 Å². The highest BCUT2D eigenvalue weighted by molar-refractivity contribution is 6.30. The zero-order valence-corrected chi connectivity index (χ0v) is 11.2. The van der Waals surface area contributed by atoms with Gasteiger partial charge in [0.2, 0.25) is 0 Å². The Morgan fingerprint density at radius 3 is 3.00 bits per heavy atom. The van der Waals surface area contributed by atoms with Crippen molar-refractivity contribution in [2.75, 3.05) is 13.1 Å². The van der Waals surface area contributed by atoms with E-state index in [2.05, 4.69) is 4.98 Å². The van der Waals surface area contributed by atoms with E-state index in [9.17, 15) is 9.90 Å².